The average Bonchev–Trinajstić information content (AvgIpc) is 2.91. The lowest BCUT2D eigenvalue weighted by atomic mass is 10.0. The first kappa shape index (κ1) is 10.2. The molecule has 4 heteroatoms. The highest BCUT2D eigenvalue weighted by atomic mass is 32.1. The lowest BCUT2D eigenvalue weighted by molar-refractivity contribution is 0.629. The number of thiazole rings is 1. The number of aromatic nitrogens is 1. The van der Waals surface area contributed by atoms with Crippen molar-refractivity contribution in [1.82, 2.24) is 4.98 Å². The van der Waals surface area contributed by atoms with Gasteiger partial charge in [0.2, 0.25) is 0 Å². The van der Waals surface area contributed by atoms with Crippen LogP contribution in [0.2, 0.25) is 0 Å². The Morgan fingerprint density at radius 3 is 2.94 bits per heavy atom. The molecule has 2 aromatic rings. The van der Waals surface area contributed by atoms with Crippen LogP contribution >= 0.6 is 22.7 Å². The first-order chi connectivity index (χ1) is 8.33. The van der Waals surface area contributed by atoms with Crippen LogP contribution in [0, 0.1) is 5.92 Å². The van der Waals surface area contributed by atoms with Crippen molar-refractivity contribution in [3.63, 3.8) is 0 Å². The molecule has 2 heterocycles. The van der Waals surface area contributed by atoms with E-state index in [1.165, 1.54) is 40.3 Å². The van der Waals surface area contributed by atoms with E-state index in [4.69, 9.17) is 10.7 Å². The summed E-state index contributed by atoms with van der Waals surface area (Å²) >= 11 is 3.71. The maximum absolute atomic E-state index is 6.26. The van der Waals surface area contributed by atoms with Gasteiger partial charge in [0.15, 0.2) is 0 Å². The van der Waals surface area contributed by atoms with Crippen molar-refractivity contribution in [3.8, 4) is 11.3 Å². The molecule has 4 rings (SSSR count). The summed E-state index contributed by atoms with van der Waals surface area (Å²) in [5.74, 6) is 0.699. The predicted octanol–water partition coefficient (Wildman–Crippen LogP) is 3.38. The summed E-state index contributed by atoms with van der Waals surface area (Å²) in [5.41, 5.74) is 8.85. The van der Waals surface area contributed by atoms with Gasteiger partial charge in [-0.2, -0.15) is 0 Å². The molecule has 0 spiro atoms. The highest BCUT2D eigenvalue weighted by Gasteiger charge is 2.33. The van der Waals surface area contributed by atoms with Gasteiger partial charge in [0.25, 0.3) is 0 Å². The van der Waals surface area contributed by atoms with E-state index < -0.39 is 0 Å². The van der Waals surface area contributed by atoms with E-state index in [0.29, 0.717) is 5.92 Å². The first-order valence-electron chi connectivity index (χ1n) is 6.15. The monoisotopic (exact) mass is 262 g/mol. The van der Waals surface area contributed by atoms with Gasteiger partial charge in [0, 0.05) is 15.3 Å². The number of nitrogens with zero attached hydrogens (tertiary/aromatic N) is 1. The van der Waals surface area contributed by atoms with Gasteiger partial charge in [0.05, 0.1) is 11.7 Å². The Morgan fingerprint density at radius 2 is 2.12 bits per heavy atom. The van der Waals surface area contributed by atoms with Crippen LogP contribution in [0.4, 0.5) is 0 Å². The van der Waals surface area contributed by atoms with Gasteiger partial charge in [-0.15, -0.1) is 22.7 Å². The normalized spacial score (nSPS) is 19.8. The number of aryl methyl sites for hydroxylation is 2. The topological polar surface area (TPSA) is 38.9 Å². The Bertz CT molecular complexity index is 566. The fourth-order valence-electron chi connectivity index (χ4n) is 2.52. The van der Waals surface area contributed by atoms with Crippen molar-refractivity contribution >= 4 is 22.7 Å². The molecule has 2 aliphatic rings. The predicted molar refractivity (Wildman–Crippen MR) is 72.5 cm³/mol. The average molecular weight is 262 g/mol. The van der Waals surface area contributed by atoms with Gasteiger partial charge in [-0.1, -0.05) is 0 Å². The third-order valence-corrected chi connectivity index (χ3v) is 5.91. The maximum atomic E-state index is 6.26. The van der Waals surface area contributed by atoms with Crippen molar-refractivity contribution in [2.45, 2.75) is 31.7 Å². The number of hydrogen-bond donors (Lipinski definition) is 1. The molecule has 0 amide bonds. The summed E-state index contributed by atoms with van der Waals surface area (Å²) in [6.45, 7) is 0. The van der Waals surface area contributed by atoms with Gasteiger partial charge in [-0.05, 0) is 43.0 Å². The third-order valence-electron chi connectivity index (χ3n) is 3.71. The lowest BCUT2D eigenvalue weighted by Crippen LogP contribution is -2.11. The van der Waals surface area contributed by atoms with Crippen molar-refractivity contribution in [3.05, 3.63) is 26.2 Å². The summed E-state index contributed by atoms with van der Waals surface area (Å²) < 4.78 is 0. The van der Waals surface area contributed by atoms with Crippen LogP contribution in [0.5, 0.6) is 0 Å². The second-order valence-electron chi connectivity index (χ2n) is 4.94. The summed E-state index contributed by atoms with van der Waals surface area (Å²) in [6, 6.07) is 2.40. The van der Waals surface area contributed by atoms with E-state index in [-0.39, 0.29) is 6.04 Å². The zero-order valence-electron chi connectivity index (χ0n) is 9.48. The Kier molecular flexibility index (Phi) is 2.19. The minimum Gasteiger partial charge on any atom is -0.322 e. The van der Waals surface area contributed by atoms with Gasteiger partial charge in [-0.25, -0.2) is 4.98 Å². The zero-order chi connectivity index (χ0) is 11.4. The molecule has 17 heavy (non-hydrogen) atoms. The van der Waals surface area contributed by atoms with Gasteiger partial charge in [0.1, 0.15) is 5.01 Å². The van der Waals surface area contributed by atoms with Crippen LogP contribution in [0.3, 0.4) is 0 Å². The molecule has 2 aliphatic carbocycles. The lowest BCUT2D eigenvalue weighted by Gasteiger charge is -2.09. The molecule has 0 bridgehead atoms. The fraction of sp³-hybridized carbons (Fsp3) is 0.462. The van der Waals surface area contributed by atoms with E-state index in [0.717, 1.165) is 11.4 Å². The number of thiophene rings is 1. The highest BCUT2D eigenvalue weighted by Crippen LogP contribution is 2.44. The van der Waals surface area contributed by atoms with Crippen LogP contribution in [0.15, 0.2) is 11.4 Å². The molecule has 2 N–H and O–H groups in total. The molecule has 88 valence electrons. The van der Waals surface area contributed by atoms with E-state index in [1.54, 1.807) is 0 Å². The number of hydrogen-bond acceptors (Lipinski definition) is 4. The van der Waals surface area contributed by atoms with Gasteiger partial charge in [-0.3, -0.25) is 0 Å². The van der Waals surface area contributed by atoms with Crippen molar-refractivity contribution < 1.29 is 0 Å². The molecule has 1 unspecified atom stereocenters. The van der Waals surface area contributed by atoms with E-state index in [9.17, 15) is 0 Å². The van der Waals surface area contributed by atoms with Crippen molar-refractivity contribution in [1.29, 1.82) is 0 Å². The molecule has 0 aromatic carbocycles. The Balaban J connectivity index is 1.79. The first-order valence-corrected chi connectivity index (χ1v) is 7.84. The van der Waals surface area contributed by atoms with Crippen LogP contribution in [0.1, 0.15) is 33.6 Å². The van der Waals surface area contributed by atoms with Crippen LogP contribution in [-0.2, 0) is 12.8 Å². The van der Waals surface area contributed by atoms with Crippen LogP contribution < -0.4 is 5.73 Å². The minimum absolute atomic E-state index is 0.188. The largest absolute Gasteiger partial charge is 0.322 e. The molecule has 0 aliphatic heterocycles. The van der Waals surface area contributed by atoms with Gasteiger partial charge >= 0.3 is 0 Å². The second kappa shape index (κ2) is 3.64. The van der Waals surface area contributed by atoms with Crippen LogP contribution in [-0.4, -0.2) is 4.98 Å². The molecule has 2 nitrogen and oxygen atoms in total. The molecule has 1 fully saturated rings. The van der Waals surface area contributed by atoms with E-state index in [2.05, 4.69) is 11.4 Å². The summed E-state index contributed by atoms with van der Waals surface area (Å²) in [4.78, 5) is 7.77. The Hall–Kier alpha value is -0.710. The standard InChI is InChI=1S/C13H14N2S2/c14-11(7-1-2-7)13-15-12-8-5-6-16-9(8)3-4-10(12)17-13/h5-7,11H,1-4,14H2. The van der Waals surface area contributed by atoms with Crippen molar-refractivity contribution in [2.24, 2.45) is 11.7 Å². The minimum atomic E-state index is 0.188. The van der Waals surface area contributed by atoms with Crippen molar-refractivity contribution in [2.75, 3.05) is 0 Å². The molecule has 0 saturated heterocycles. The molecule has 1 atom stereocenters. The highest BCUT2D eigenvalue weighted by molar-refractivity contribution is 7.12. The third kappa shape index (κ3) is 1.58. The Labute approximate surface area is 109 Å². The number of fused-ring (bicyclic) bond motifs is 3. The maximum Gasteiger partial charge on any atom is 0.111 e. The number of nitrogens with two attached hydrogens (primary N) is 1. The van der Waals surface area contributed by atoms with Crippen LogP contribution in [0.25, 0.3) is 11.3 Å². The molecule has 2 aromatic heterocycles. The number of rotatable bonds is 2. The van der Waals surface area contributed by atoms with E-state index in [1.807, 2.05) is 22.7 Å². The zero-order valence-corrected chi connectivity index (χ0v) is 11.1. The molecule has 1 saturated carbocycles. The molecular formula is C13H14N2S2. The fourth-order valence-corrected chi connectivity index (χ4v) is 4.58. The Morgan fingerprint density at radius 1 is 1.29 bits per heavy atom. The summed E-state index contributed by atoms with van der Waals surface area (Å²) in [6.07, 6.45) is 4.91. The summed E-state index contributed by atoms with van der Waals surface area (Å²) in [5, 5.41) is 3.34. The smallest absolute Gasteiger partial charge is 0.111 e. The quantitative estimate of drug-likeness (QED) is 0.901. The second-order valence-corrected chi connectivity index (χ2v) is 7.06. The van der Waals surface area contributed by atoms with E-state index >= 15 is 0 Å². The summed E-state index contributed by atoms with van der Waals surface area (Å²) in [7, 11) is 0. The SMILES string of the molecule is NC(c1nc2c(s1)CCc1sccc1-2)C1CC1. The molecule has 0 radical (unpaired) electrons. The van der Waals surface area contributed by atoms with Gasteiger partial charge < -0.3 is 5.73 Å². The molecular weight excluding hydrogens is 248 g/mol.